The number of sulfonamides is 1. The van der Waals surface area contributed by atoms with Crippen molar-refractivity contribution in [2.45, 2.75) is 38.5 Å². The smallest absolute Gasteiger partial charge is 0.261 e. The molecule has 3 aromatic carbocycles. The molecule has 0 bridgehead atoms. The van der Waals surface area contributed by atoms with Crippen LogP contribution in [-0.4, -0.2) is 14.3 Å². The van der Waals surface area contributed by atoms with Crippen molar-refractivity contribution < 1.29 is 13.2 Å². The molecule has 0 spiro atoms. The van der Waals surface area contributed by atoms with Crippen LogP contribution in [0.2, 0.25) is 0 Å². The van der Waals surface area contributed by atoms with Crippen LogP contribution in [0, 0.1) is 13.8 Å². The highest BCUT2D eigenvalue weighted by molar-refractivity contribution is 7.92. The molecule has 0 aromatic heterocycles. The van der Waals surface area contributed by atoms with Gasteiger partial charge in [-0.05, 0) is 73.4 Å². The van der Waals surface area contributed by atoms with Gasteiger partial charge >= 0.3 is 0 Å². The number of hydrogen-bond donors (Lipinski definition) is 2. The average molecular weight is 423 g/mol. The molecule has 0 fully saturated rings. The van der Waals surface area contributed by atoms with E-state index in [-0.39, 0.29) is 10.8 Å². The summed E-state index contributed by atoms with van der Waals surface area (Å²) in [6.07, 6.45) is 0. The number of carbonyl (C=O) groups is 1. The third-order valence-electron chi connectivity index (χ3n) is 4.89. The predicted molar refractivity (Wildman–Crippen MR) is 122 cm³/mol. The van der Waals surface area contributed by atoms with Gasteiger partial charge in [-0.1, -0.05) is 43.7 Å². The zero-order valence-corrected chi connectivity index (χ0v) is 18.4. The van der Waals surface area contributed by atoms with Crippen molar-refractivity contribution in [1.29, 1.82) is 0 Å². The third kappa shape index (κ3) is 5.07. The van der Waals surface area contributed by atoms with Gasteiger partial charge in [0.15, 0.2) is 0 Å². The quantitative estimate of drug-likeness (QED) is 0.552. The summed E-state index contributed by atoms with van der Waals surface area (Å²) >= 11 is 0. The number of hydrogen-bond acceptors (Lipinski definition) is 3. The lowest BCUT2D eigenvalue weighted by atomic mass is 10.0. The number of benzene rings is 3. The summed E-state index contributed by atoms with van der Waals surface area (Å²) in [6.45, 7) is 8.01. The van der Waals surface area contributed by atoms with E-state index in [1.54, 1.807) is 30.3 Å². The molecule has 3 rings (SSSR count). The second-order valence-corrected chi connectivity index (χ2v) is 9.36. The van der Waals surface area contributed by atoms with E-state index in [0.717, 1.165) is 16.7 Å². The standard InChI is InChI=1S/C24H26N2O3S/c1-16(2)19-6-8-20(9-7-19)24(27)25-21-10-12-22(13-11-21)30(28,29)26-23-14-5-17(3)15-18(23)4/h5-16,26H,1-4H3,(H,25,27). The number of carbonyl (C=O) groups excluding carboxylic acids is 1. The van der Waals surface area contributed by atoms with Gasteiger partial charge in [0.1, 0.15) is 0 Å². The van der Waals surface area contributed by atoms with Gasteiger partial charge in [-0.15, -0.1) is 0 Å². The predicted octanol–water partition coefficient (Wildman–Crippen LogP) is 5.48. The van der Waals surface area contributed by atoms with E-state index >= 15 is 0 Å². The Labute approximate surface area is 178 Å². The maximum atomic E-state index is 12.7. The molecule has 0 unspecified atom stereocenters. The molecule has 0 radical (unpaired) electrons. The van der Waals surface area contributed by atoms with Crippen LogP contribution in [-0.2, 0) is 10.0 Å². The van der Waals surface area contributed by atoms with E-state index in [1.807, 2.05) is 38.1 Å². The molecular formula is C24H26N2O3S. The summed E-state index contributed by atoms with van der Waals surface area (Å²) < 4.78 is 28.0. The molecule has 2 N–H and O–H groups in total. The summed E-state index contributed by atoms with van der Waals surface area (Å²) in [5.41, 5.74) is 4.70. The van der Waals surface area contributed by atoms with Gasteiger partial charge in [0, 0.05) is 11.3 Å². The lowest BCUT2D eigenvalue weighted by Crippen LogP contribution is -2.15. The first-order chi connectivity index (χ1) is 14.2. The van der Waals surface area contributed by atoms with Crippen molar-refractivity contribution in [3.05, 3.63) is 89.0 Å². The largest absolute Gasteiger partial charge is 0.322 e. The van der Waals surface area contributed by atoms with E-state index < -0.39 is 10.0 Å². The maximum Gasteiger partial charge on any atom is 0.261 e. The van der Waals surface area contributed by atoms with Crippen LogP contribution in [0.1, 0.15) is 46.8 Å². The van der Waals surface area contributed by atoms with Crippen molar-refractivity contribution in [3.63, 3.8) is 0 Å². The monoisotopic (exact) mass is 422 g/mol. The lowest BCUT2D eigenvalue weighted by Gasteiger charge is -2.12. The molecule has 0 aliphatic heterocycles. The fourth-order valence-corrected chi connectivity index (χ4v) is 4.20. The van der Waals surface area contributed by atoms with Gasteiger partial charge in [0.25, 0.3) is 15.9 Å². The normalized spacial score (nSPS) is 11.4. The van der Waals surface area contributed by atoms with Gasteiger partial charge in [-0.3, -0.25) is 9.52 Å². The molecule has 0 atom stereocenters. The average Bonchev–Trinajstić information content (AvgIpc) is 2.70. The molecule has 0 aliphatic carbocycles. The highest BCUT2D eigenvalue weighted by atomic mass is 32.2. The van der Waals surface area contributed by atoms with Gasteiger partial charge in [0.05, 0.1) is 10.6 Å². The Kier molecular flexibility index (Phi) is 6.27. The summed E-state index contributed by atoms with van der Waals surface area (Å²) in [5, 5.41) is 2.80. The SMILES string of the molecule is Cc1ccc(NS(=O)(=O)c2ccc(NC(=O)c3ccc(C(C)C)cc3)cc2)c(C)c1. The van der Waals surface area contributed by atoms with Crippen LogP contribution in [0.5, 0.6) is 0 Å². The first-order valence-electron chi connectivity index (χ1n) is 9.77. The molecule has 6 heteroatoms. The Hall–Kier alpha value is -3.12. The van der Waals surface area contributed by atoms with E-state index in [2.05, 4.69) is 23.9 Å². The minimum atomic E-state index is -3.72. The lowest BCUT2D eigenvalue weighted by molar-refractivity contribution is 0.102. The summed E-state index contributed by atoms with van der Waals surface area (Å²) in [4.78, 5) is 12.6. The van der Waals surface area contributed by atoms with Crippen molar-refractivity contribution in [2.75, 3.05) is 10.0 Å². The molecule has 156 valence electrons. The van der Waals surface area contributed by atoms with Crippen LogP contribution >= 0.6 is 0 Å². The summed E-state index contributed by atoms with van der Waals surface area (Å²) in [5.74, 6) is 0.156. The molecule has 0 aliphatic rings. The Balaban J connectivity index is 1.71. The molecule has 3 aromatic rings. The molecule has 0 heterocycles. The van der Waals surface area contributed by atoms with Crippen LogP contribution in [0.15, 0.2) is 71.6 Å². The Morgan fingerprint density at radius 2 is 1.50 bits per heavy atom. The topological polar surface area (TPSA) is 75.3 Å². The van der Waals surface area contributed by atoms with Crippen molar-refractivity contribution >= 4 is 27.3 Å². The Morgan fingerprint density at radius 1 is 0.867 bits per heavy atom. The zero-order chi connectivity index (χ0) is 21.9. The van der Waals surface area contributed by atoms with Crippen molar-refractivity contribution in [3.8, 4) is 0 Å². The number of anilines is 2. The second-order valence-electron chi connectivity index (χ2n) is 7.68. The molecule has 0 saturated carbocycles. The molecule has 30 heavy (non-hydrogen) atoms. The van der Waals surface area contributed by atoms with Crippen LogP contribution in [0.3, 0.4) is 0 Å². The van der Waals surface area contributed by atoms with E-state index in [0.29, 0.717) is 22.9 Å². The number of rotatable bonds is 6. The van der Waals surface area contributed by atoms with Crippen molar-refractivity contribution in [1.82, 2.24) is 0 Å². The maximum absolute atomic E-state index is 12.7. The van der Waals surface area contributed by atoms with Crippen LogP contribution in [0.25, 0.3) is 0 Å². The van der Waals surface area contributed by atoms with Gasteiger partial charge in [0.2, 0.25) is 0 Å². The minimum absolute atomic E-state index is 0.127. The first kappa shape index (κ1) is 21.6. The first-order valence-corrected chi connectivity index (χ1v) is 11.3. The summed E-state index contributed by atoms with van der Waals surface area (Å²) in [7, 11) is -3.72. The van der Waals surface area contributed by atoms with E-state index in [1.165, 1.54) is 12.1 Å². The van der Waals surface area contributed by atoms with Crippen LogP contribution < -0.4 is 10.0 Å². The number of amides is 1. The highest BCUT2D eigenvalue weighted by Gasteiger charge is 2.16. The Morgan fingerprint density at radius 3 is 2.07 bits per heavy atom. The van der Waals surface area contributed by atoms with Gasteiger partial charge < -0.3 is 5.32 Å². The molecule has 1 amide bonds. The third-order valence-corrected chi connectivity index (χ3v) is 6.27. The molecule has 0 saturated heterocycles. The van der Waals surface area contributed by atoms with Crippen molar-refractivity contribution in [2.24, 2.45) is 0 Å². The Bertz CT molecular complexity index is 1150. The van der Waals surface area contributed by atoms with E-state index in [9.17, 15) is 13.2 Å². The fourth-order valence-electron chi connectivity index (χ4n) is 3.07. The van der Waals surface area contributed by atoms with Gasteiger partial charge in [-0.2, -0.15) is 0 Å². The van der Waals surface area contributed by atoms with Crippen LogP contribution in [0.4, 0.5) is 11.4 Å². The number of nitrogens with one attached hydrogen (secondary N) is 2. The zero-order valence-electron chi connectivity index (χ0n) is 17.6. The minimum Gasteiger partial charge on any atom is -0.322 e. The fraction of sp³-hybridized carbons (Fsp3) is 0.208. The van der Waals surface area contributed by atoms with E-state index in [4.69, 9.17) is 0 Å². The van der Waals surface area contributed by atoms with Gasteiger partial charge in [-0.25, -0.2) is 8.42 Å². The molecular weight excluding hydrogens is 396 g/mol. The summed E-state index contributed by atoms with van der Waals surface area (Å²) in [6, 6.07) is 19.1. The highest BCUT2D eigenvalue weighted by Crippen LogP contribution is 2.22. The second kappa shape index (κ2) is 8.71. The molecule has 5 nitrogen and oxygen atoms in total. The number of aryl methyl sites for hydroxylation is 2.